The van der Waals surface area contributed by atoms with E-state index >= 15 is 0 Å². The predicted octanol–water partition coefficient (Wildman–Crippen LogP) is 0.416. The Morgan fingerprint density at radius 2 is 2.33 bits per heavy atom. The van der Waals surface area contributed by atoms with Crippen LogP contribution in [0.3, 0.4) is 0 Å². The Hall–Kier alpha value is -0.570. The van der Waals surface area contributed by atoms with E-state index in [0.29, 0.717) is 5.91 Å². The molecule has 1 atom stereocenters. The number of amides is 1. The van der Waals surface area contributed by atoms with Gasteiger partial charge in [0.2, 0.25) is 5.91 Å². The van der Waals surface area contributed by atoms with Crippen molar-refractivity contribution in [1.82, 2.24) is 9.80 Å². The number of likely N-dealkylation sites (tertiary alicyclic amines) is 1. The molecule has 1 rings (SSSR count). The molecule has 0 radical (unpaired) electrons. The quantitative estimate of drug-likeness (QED) is 0.599. The van der Waals surface area contributed by atoms with Crippen LogP contribution in [0.4, 0.5) is 0 Å². The van der Waals surface area contributed by atoms with Gasteiger partial charge in [0.05, 0.1) is 5.92 Å². The standard InChI is InChI=1S/C9H18N2O/c1-4-11(3)9(12)8-5-6-10(2)7-8/h8H,4-7H2,1-3H3. The van der Waals surface area contributed by atoms with Crippen LogP contribution in [0.25, 0.3) is 0 Å². The molecule has 12 heavy (non-hydrogen) atoms. The number of hydrogen-bond donors (Lipinski definition) is 0. The lowest BCUT2D eigenvalue weighted by atomic mass is 10.1. The first kappa shape index (κ1) is 9.52. The van der Waals surface area contributed by atoms with Gasteiger partial charge in [0.15, 0.2) is 0 Å². The third-order valence-electron chi connectivity index (χ3n) is 2.59. The average molecular weight is 170 g/mol. The first-order valence-corrected chi connectivity index (χ1v) is 4.58. The summed E-state index contributed by atoms with van der Waals surface area (Å²) in [5, 5.41) is 0. The molecule has 1 fully saturated rings. The van der Waals surface area contributed by atoms with E-state index in [0.717, 1.165) is 26.1 Å². The summed E-state index contributed by atoms with van der Waals surface area (Å²) in [7, 11) is 3.94. The molecule has 0 spiro atoms. The smallest absolute Gasteiger partial charge is 0.226 e. The van der Waals surface area contributed by atoms with Crippen LogP contribution in [-0.4, -0.2) is 49.4 Å². The fraction of sp³-hybridized carbons (Fsp3) is 0.889. The van der Waals surface area contributed by atoms with Crippen molar-refractivity contribution >= 4 is 5.91 Å². The molecule has 0 N–H and O–H groups in total. The predicted molar refractivity (Wildman–Crippen MR) is 48.9 cm³/mol. The summed E-state index contributed by atoms with van der Waals surface area (Å²) in [6.07, 6.45) is 1.03. The second kappa shape index (κ2) is 3.90. The lowest BCUT2D eigenvalue weighted by Gasteiger charge is -2.18. The maximum absolute atomic E-state index is 11.6. The number of nitrogens with zero attached hydrogens (tertiary/aromatic N) is 2. The third-order valence-corrected chi connectivity index (χ3v) is 2.59. The molecule has 1 heterocycles. The lowest BCUT2D eigenvalue weighted by Crippen LogP contribution is -2.33. The SMILES string of the molecule is CCN(C)C(=O)C1CCN(C)C1. The van der Waals surface area contributed by atoms with Crippen LogP contribution < -0.4 is 0 Å². The van der Waals surface area contributed by atoms with Crippen LogP contribution in [0.5, 0.6) is 0 Å². The minimum absolute atomic E-state index is 0.250. The molecular formula is C9H18N2O. The Labute approximate surface area is 74.3 Å². The Morgan fingerprint density at radius 1 is 1.67 bits per heavy atom. The van der Waals surface area contributed by atoms with E-state index in [1.165, 1.54) is 0 Å². The van der Waals surface area contributed by atoms with Gasteiger partial charge in [-0.3, -0.25) is 4.79 Å². The Bertz CT molecular complexity index is 170. The van der Waals surface area contributed by atoms with Gasteiger partial charge >= 0.3 is 0 Å². The highest BCUT2D eigenvalue weighted by atomic mass is 16.2. The molecule has 0 bridgehead atoms. The fourth-order valence-electron chi connectivity index (χ4n) is 1.60. The molecule has 3 heteroatoms. The summed E-state index contributed by atoms with van der Waals surface area (Å²) < 4.78 is 0. The molecule has 1 unspecified atom stereocenters. The average Bonchev–Trinajstić information content (AvgIpc) is 2.49. The van der Waals surface area contributed by atoms with E-state index < -0.39 is 0 Å². The van der Waals surface area contributed by atoms with Crippen molar-refractivity contribution in [2.45, 2.75) is 13.3 Å². The van der Waals surface area contributed by atoms with Crippen molar-refractivity contribution in [1.29, 1.82) is 0 Å². The van der Waals surface area contributed by atoms with Gasteiger partial charge in [-0.15, -0.1) is 0 Å². The molecule has 0 aromatic heterocycles. The van der Waals surface area contributed by atoms with Crippen LogP contribution in [0.1, 0.15) is 13.3 Å². The largest absolute Gasteiger partial charge is 0.346 e. The number of rotatable bonds is 2. The molecule has 1 aliphatic rings. The van der Waals surface area contributed by atoms with Gasteiger partial charge in [0.1, 0.15) is 0 Å². The van der Waals surface area contributed by atoms with Gasteiger partial charge in [-0.1, -0.05) is 0 Å². The van der Waals surface area contributed by atoms with Crippen molar-refractivity contribution in [2.24, 2.45) is 5.92 Å². The van der Waals surface area contributed by atoms with Crippen LogP contribution >= 0.6 is 0 Å². The van der Waals surface area contributed by atoms with Gasteiger partial charge in [-0.05, 0) is 26.9 Å². The molecule has 0 saturated carbocycles. The van der Waals surface area contributed by atoms with Gasteiger partial charge in [0.25, 0.3) is 0 Å². The molecule has 70 valence electrons. The Balaban J connectivity index is 2.43. The fourth-order valence-corrected chi connectivity index (χ4v) is 1.60. The molecule has 0 aromatic carbocycles. The molecule has 1 amide bonds. The Morgan fingerprint density at radius 3 is 2.75 bits per heavy atom. The molecule has 1 aliphatic heterocycles. The number of carbonyl (C=O) groups is 1. The topological polar surface area (TPSA) is 23.6 Å². The van der Waals surface area contributed by atoms with E-state index in [4.69, 9.17) is 0 Å². The van der Waals surface area contributed by atoms with Crippen molar-refractivity contribution in [3.8, 4) is 0 Å². The zero-order chi connectivity index (χ0) is 9.14. The summed E-state index contributed by atoms with van der Waals surface area (Å²) in [5.74, 6) is 0.557. The maximum atomic E-state index is 11.6. The molecular weight excluding hydrogens is 152 g/mol. The van der Waals surface area contributed by atoms with Gasteiger partial charge < -0.3 is 9.80 Å². The Kier molecular flexibility index (Phi) is 3.09. The summed E-state index contributed by atoms with van der Waals surface area (Å²) in [6, 6.07) is 0. The van der Waals surface area contributed by atoms with Crippen LogP contribution in [-0.2, 0) is 4.79 Å². The second-order valence-electron chi connectivity index (χ2n) is 3.60. The summed E-state index contributed by atoms with van der Waals surface area (Å²) >= 11 is 0. The van der Waals surface area contributed by atoms with E-state index in [1.54, 1.807) is 0 Å². The van der Waals surface area contributed by atoms with Crippen molar-refractivity contribution < 1.29 is 4.79 Å². The van der Waals surface area contributed by atoms with Crippen LogP contribution in [0.15, 0.2) is 0 Å². The maximum Gasteiger partial charge on any atom is 0.226 e. The number of hydrogen-bond acceptors (Lipinski definition) is 2. The summed E-state index contributed by atoms with van der Waals surface area (Å²) in [5.41, 5.74) is 0. The molecule has 3 nitrogen and oxygen atoms in total. The van der Waals surface area contributed by atoms with Gasteiger partial charge in [-0.25, -0.2) is 0 Å². The van der Waals surface area contributed by atoms with Gasteiger partial charge in [-0.2, -0.15) is 0 Å². The first-order valence-electron chi connectivity index (χ1n) is 4.58. The second-order valence-corrected chi connectivity index (χ2v) is 3.60. The van der Waals surface area contributed by atoms with E-state index in [-0.39, 0.29) is 5.92 Å². The zero-order valence-corrected chi connectivity index (χ0v) is 8.21. The lowest BCUT2D eigenvalue weighted by molar-refractivity contribution is -0.133. The highest BCUT2D eigenvalue weighted by Gasteiger charge is 2.27. The first-order chi connectivity index (χ1) is 5.65. The van der Waals surface area contributed by atoms with E-state index in [2.05, 4.69) is 11.9 Å². The van der Waals surface area contributed by atoms with Gasteiger partial charge in [0, 0.05) is 20.1 Å². The van der Waals surface area contributed by atoms with Crippen LogP contribution in [0.2, 0.25) is 0 Å². The summed E-state index contributed by atoms with van der Waals surface area (Å²) in [6.45, 7) is 4.83. The van der Waals surface area contributed by atoms with Crippen LogP contribution in [0, 0.1) is 5.92 Å². The summed E-state index contributed by atoms with van der Waals surface area (Å²) in [4.78, 5) is 15.6. The minimum Gasteiger partial charge on any atom is -0.346 e. The van der Waals surface area contributed by atoms with E-state index in [1.807, 2.05) is 18.9 Å². The normalized spacial score (nSPS) is 24.4. The third kappa shape index (κ3) is 1.97. The highest BCUT2D eigenvalue weighted by molar-refractivity contribution is 5.79. The molecule has 0 aliphatic carbocycles. The highest BCUT2D eigenvalue weighted by Crippen LogP contribution is 2.16. The van der Waals surface area contributed by atoms with Crippen molar-refractivity contribution in [2.75, 3.05) is 33.7 Å². The van der Waals surface area contributed by atoms with Crippen molar-refractivity contribution in [3.63, 3.8) is 0 Å². The zero-order valence-electron chi connectivity index (χ0n) is 8.21. The minimum atomic E-state index is 0.250. The van der Waals surface area contributed by atoms with E-state index in [9.17, 15) is 4.79 Å². The monoisotopic (exact) mass is 170 g/mol. The molecule has 1 saturated heterocycles. The molecule has 0 aromatic rings. The van der Waals surface area contributed by atoms with Crippen molar-refractivity contribution in [3.05, 3.63) is 0 Å². The number of carbonyl (C=O) groups excluding carboxylic acids is 1.